The summed E-state index contributed by atoms with van der Waals surface area (Å²) in [6.45, 7) is 5.82. The summed E-state index contributed by atoms with van der Waals surface area (Å²) in [5.74, 6) is 1.36. The number of aliphatic hydroxyl groups is 1. The zero-order chi connectivity index (χ0) is 13.7. The van der Waals surface area contributed by atoms with Gasteiger partial charge in [0.2, 0.25) is 0 Å². The minimum atomic E-state index is -0.102. The van der Waals surface area contributed by atoms with Crippen molar-refractivity contribution in [3.8, 4) is 5.75 Å². The highest BCUT2D eigenvalue weighted by Crippen LogP contribution is 2.24. The maximum atomic E-state index is 9.75. The van der Waals surface area contributed by atoms with Crippen LogP contribution in [0, 0.1) is 5.92 Å². The van der Waals surface area contributed by atoms with Gasteiger partial charge in [0.15, 0.2) is 0 Å². The van der Waals surface area contributed by atoms with E-state index in [9.17, 15) is 5.11 Å². The van der Waals surface area contributed by atoms with Crippen LogP contribution in [-0.2, 0) is 6.54 Å². The Balaban J connectivity index is 1.73. The predicted octanol–water partition coefficient (Wildman–Crippen LogP) is 2.72. The Morgan fingerprint density at radius 2 is 2.00 bits per heavy atom. The predicted molar refractivity (Wildman–Crippen MR) is 77.3 cm³/mol. The molecule has 3 heteroatoms. The molecule has 0 heterocycles. The van der Waals surface area contributed by atoms with E-state index in [4.69, 9.17) is 4.74 Å². The second kappa shape index (κ2) is 6.92. The molecule has 19 heavy (non-hydrogen) atoms. The lowest BCUT2D eigenvalue weighted by Crippen LogP contribution is -2.27. The molecule has 2 rings (SSSR count). The van der Waals surface area contributed by atoms with E-state index in [0.29, 0.717) is 5.92 Å². The van der Waals surface area contributed by atoms with Crippen molar-refractivity contribution in [2.45, 2.75) is 51.9 Å². The lowest BCUT2D eigenvalue weighted by molar-refractivity contribution is 0.131. The highest BCUT2D eigenvalue weighted by Gasteiger charge is 2.24. The number of benzene rings is 1. The molecular formula is C16H25NO2. The van der Waals surface area contributed by atoms with Gasteiger partial charge in [-0.2, -0.15) is 0 Å². The Morgan fingerprint density at radius 1 is 1.26 bits per heavy atom. The topological polar surface area (TPSA) is 41.5 Å². The number of hydrogen-bond donors (Lipinski definition) is 2. The van der Waals surface area contributed by atoms with Gasteiger partial charge >= 0.3 is 0 Å². The molecule has 0 radical (unpaired) electrons. The fourth-order valence-electron chi connectivity index (χ4n) is 2.62. The van der Waals surface area contributed by atoms with Gasteiger partial charge in [0, 0.05) is 13.1 Å². The minimum absolute atomic E-state index is 0.102. The molecule has 0 amide bonds. The van der Waals surface area contributed by atoms with Crippen molar-refractivity contribution in [3.05, 3.63) is 29.8 Å². The number of ether oxygens (including phenoxy) is 1. The SMILES string of the molecule is CC(C)Oc1ccc(CNCC2CCCC2O)cc1. The maximum Gasteiger partial charge on any atom is 0.119 e. The summed E-state index contributed by atoms with van der Waals surface area (Å²) < 4.78 is 5.62. The highest BCUT2D eigenvalue weighted by atomic mass is 16.5. The Labute approximate surface area is 116 Å². The molecule has 2 N–H and O–H groups in total. The molecule has 3 nitrogen and oxygen atoms in total. The van der Waals surface area contributed by atoms with Crippen LogP contribution in [0.15, 0.2) is 24.3 Å². The van der Waals surface area contributed by atoms with Crippen LogP contribution < -0.4 is 10.1 Å². The van der Waals surface area contributed by atoms with Crippen LogP contribution >= 0.6 is 0 Å². The zero-order valence-corrected chi connectivity index (χ0v) is 11.9. The molecule has 2 unspecified atom stereocenters. The van der Waals surface area contributed by atoms with E-state index < -0.39 is 0 Å². The molecule has 1 aromatic rings. The van der Waals surface area contributed by atoms with Gasteiger partial charge in [-0.1, -0.05) is 18.6 Å². The third-order valence-corrected chi connectivity index (χ3v) is 3.65. The molecule has 106 valence electrons. The molecule has 1 aromatic carbocycles. The van der Waals surface area contributed by atoms with Crippen LogP contribution in [-0.4, -0.2) is 23.9 Å². The van der Waals surface area contributed by atoms with E-state index in [1.54, 1.807) is 0 Å². The monoisotopic (exact) mass is 263 g/mol. The second-order valence-electron chi connectivity index (χ2n) is 5.70. The third kappa shape index (κ3) is 4.51. The minimum Gasteiger partial charge on any atom is -0.491 e. The van der Waals surface area contributed by atoms with Gasteiger partial charge in [-0.3, -0.25) is 0 Å². The Hall–Kier alpha value is -1.06. The van der Waals surface area contributed by atoms with Crippen molar-refractivity contribution >= 4 is 0 Å². The summed E-state index contributed by atoms with van der Waals surface area (Å²) in [6.07, 6.45) is 3.39. The summed E-state index contributed by atoms with van der Waals surface area (Å²) in [5.41, 5.74) is 1.25. The van der Waals surface area contributed by atoms with Crippen LogP contribution in [0.25, 0.3) is 0 Å². The lowest BCUT2D eigenvalue weighted by atomic mass is 10.1. The highest BCUT2D eigenvalue weighted by molar-refractivity contribution is 5.27. The quantitative estimate of drug-likeness (QED) is 0.829. The molecule has 0 aromatic heterocycles. The molecule has 1 aliphatic rings. The fourth-order valence-corrected chi connectivity index (χ4v) is 2.62. The first-order chi connectivity index (χ1) is 9.15. The first kappa shape index (κ1) is 14.4. The Morgan fingerprint density at radius 3 is 2.58 bits per heavy atom. The Kier molecular flexibility index (Phi) is 5.23. The van der Waals surface area contributed by atoms with Gasteiger partial charge in [-0.15, -0.1) is 0 Å². The lowest BCUT2D eigenvalue weighted by Gasteiger charge is -2.15. The standard InChI is InChI=1S/C16H25NO2/c1-12(2)19-15-8-6-13(7-9-15)10-17-11-14-4-3-5-16(14)18/h6-9,12,14,16-18H,3-5,10-11H2,1-2H3. The average molecular weight is 263 g/mol. The Bertz CT molecular complexity index is 375. The van der Waals surface area contributed by atoms with Crippen LogP contribution in [0.3, 0.4) is 0 Å². The average Bonchev–Trinajstić information content (AvgIpc) is 2.77. The van der Waals surface area contributed by atoms with Crippen molar-refractivity contribution in [3.63, 3.8) is 0 Å². The first-order valence-corrected chi connectivity index (χ1v) is 7.29. The molecule has 2 atom stereocenters. The van der Waals surface area contributed by atoms with Crippen molar-refractivity contribution in [2.75, 3.05) is 6.54 Å². The molecule has 1 fully saturated rings. The number of hydrogen-bond acceptors (Lipinski definition) is 3. The molecule has 0 spiro atoms. The third-order valence-electron chi connectivity index (χ3n) is 3.65. The van der Waals surface area contributed by atoms with Crippen LogP contribution in [0.2, 0.25) is 0 Å². The van der Waals surface area contributed by atoms with Gasteiger partial charge in [0.05, 0.1) is 12.2 Å². The van der Waals surface area contributed by atoms with E-state index in [1.807, 2.05) is 26.0 Å². The van der Waals surface area contributed by atoms with E-state index in [1.165, 1.54) is 5.56 Å². The number of nitrogens with one attached hydrogen (secondary N) is 1. The molecular weight excluding hydrogens is 238 g/mol. The summed E-state index contributed by atoms with van der Waals surface area (Å²) >= 11 is 0. The van der Waals surface area contributed by atoms with Crippen molar-refractivity contribution in [1.82, 2.24) is 5.32 Å². The van der Waals surface area contributed by atoms with Gasteiger partial charge in [-0.05, 0) is 50.3 Å². The molecule has 0 aliphatic heterocycles. The largest absolute Gasteiger partial charge is 0.491 e. The molecule has 0 saturated heterocycles. The molecule has 0 bridgehead atoms. The maximum absolute atomic E-state index is 9.75. The summed E-state index contributed by atoms with van der Waals surface area (Å²) in [7, 11) is 0. The fraction of sp³-hybridized carbons (Fsp3) is 0.625. The van der Waals surface area contributed by atoms with Crippen molar-refractivity contribution in [1.29, 1.82) is 0 Å². The van der Waals surface area contributed by atoms with Gasteiger partial charge in [0.1, 0.15) is 5.75 Å². The van der Waals surface area contributed by atoms with E-state index >= 15 is 0 Å². The number of aliphatic hydroxyl groups excluding tert-OH is 1. The zero-order valence-electron chi connectivity index (χ0n) is 11.9. The van der Waals surface area contributed by atoms with E-state index in [0.717, 1.165) is 38.1 Å². The van der Waals surface area contributed by atoms with Gasteiger partial charge in [0.25, 0.3) is 0 Å². The van der Waals surface area contributed by atoms with Crippen LogP contribution in [0.4, 0.5) is 0 Å². The second-order valence-corrected chi connectivity index (χ2v) is 5.70. The molecule has 1 saturated carbocycles. The summed E-state index contributed by atoms with van der Waals surface area (Å²) in [6, 6.07) is 8.22. The number of rotatable bonds is 6. The normalized spacial score (nSPS) is 22.9. The van der Waals surface area contributed by atoms with Crippen molar-refractivity contribution in [2.24, 2.45) is 5.92 Å². The first-order valence-electron chi connectivity index (χ1n) is 7.29. The summed E-state index contributed by atoms with van der Waals surface area (Å²) in [5, 5.41) is 13.2. The van der Waals surface area contributed by atoms with E-state index in [-0.39, 0.29) is 12.2 Å². The van der Waals surface area contributed by atoms with Gasteiger partial charge in [-0.25, -0.2) is 0 Å². The summed E-state index contributed by atoms with van der Waals surface area (Å²) in [4.78, 5) is 0. The molecule has 1 aliphatic carbocycles. The van der Waals surface area contributed by atoms with E-state index in [2.05, 4.69) is 17.4 Å². The van der Waals surface area contributed by atoms with Crippen LogP contribution in [0.5, 0.6) is 5.75 Å². The smallest absolute Gasteiger partial charge is 0.119 e. The van der Waals surface area contributed by atoms with Crippen LogP contribution in [0.1, 0.15) is 38.7 Å². The van der Waals surface area contributed by atoms with Gasteiger partial charge < -0.3 is 15.2 Å². The van der Waals surface area contributed by atoms with Crippen molar-refractivity contribution < 1.29 is 9.84 Å².